The summed E-state index contributed by atoms with van der Waals surface area (Å²) in [5, 5.41) is 3.92. The van der Waals surface area contributed by atoms with Crippen molar-refractivity contribution < 1.29 is 19.1 Å². The molecule has 0 saturated carbocycles. The number of H-pyrrole nitrogens is 1. The molecule has 6 rings (SSSR count). The van der Waals surface area contributed by atoms with Gasteiger partial charge in [-0.1, -0.05) is 42.5 Å². The molecule has 4 amide bonds. The number of aromatic nitrogens is 1. The first kappa shape index (κ1) is 23.8. The molecule has 2 aliphatic rings. The molecular formula is C30H28N4O4. The van der Waals surface area contributed by atoms with Crippen molar-refractivity contribution in [2.75, 3.05) is 25.1 Å². The topological polar surface area (TPSA) is 94.7 Å². The third-order valence-electron chi connectivity index (χ3n) is 7.70. The second kappa shape index (κ2) is 9.06. The van der Waals surface area contributed by atoms with E-state index in [1.54, 1.807) is 43.2 Å². The molecule has 8 nitrogen and oxygen atoms in total. The van der Waals surface area contributed by atoms with Crippen LogP contribution in [0.1, 0.15) is 34.1 Å². The molecule has 38 heavy (non-hydrogen) atoms. The first-order valence-electron chi connectivity index (χ1n) is 12.7. The molecular weight excluding hydrogens is 480 g/mol. The average molecular weight is 509 g/mol. The molecule has 1 unspecified atom stereocenters. The minimum atomic E-state index is -1.21. The van der Waals surface area contributed by atoms with E-state index in [0.717, 1.165) is 32.7 Å². The normalized spacial score (nSPS) is 18.5. The summed E-state index contributed by atoms with van der Waals surface area (Å²) in [6.45, 7) is 2.60. The van der Waals surface area contributed by atoms with Gasteiger partial charge < -0.3 is 19.9 Å². The lowest BCUT2D eigenvalue weighted by Crippen LogP contribution is -2.49. The van der Waals surface area contributed by atoms with E-state index in [4.69, 9.17) is 4.74 Å². The van der Waals surface area contributed by atoms with Crippen molar-refractivity contribution in [2.24, 2.45) is 0 Å². The van der Waals surface area contributed by atoms with E-state index in [9.17, 15) is 14.4 Å². The highest BCUT2D eigenvalue weighted by Gasteiger charge is 2.59. The van der Waals surface area contributed by atoms with Gasteiger partial charge >= 0.3 is 6.03 Å². The lowest BCUT2D eigenvalue weighted by Gasteiger charge is -2.35. The highest BCUT2D eigenvalue weighted by atomic mass is 16.5. The Balaban J connectivity index is 1.33. The van der Waals surface area contributed by atoms with Crippen LogP contribution in [-0.4, -0.2) is 47.9 Å². The fraction of sp³-hybridized carbons (Fsp3) is 0.233. The fourth-order valence-corrected chi connectivity index (χ4v) is 5.68. The summed E-state index contributed by atoms with van der Waals surface area (Å²) in [6.07, 6.45) is 1.28. The van der Waals surface area contributed by atoms with Gasteiger partial charge in [-0.3, -0.25) is 9.59 Å². The van der Waals surface area contributed by atoms with Crippen LogP contribution in [-0.2, 0) is 23.2 Å². The quantitative estimate of drug-likeness (QED) is 0.378. The summed E-state index contributed by atoms with van der Waals surface area (Å²) >= 11 is 0. The Morgan fingerprint density at radius 1 is 1.05 bits per heavy atom. The van der Waals surface area contributed by atoms with Gasteiger partial charge in [0.1, 0.15) is 5.75 Å². The van der Waals surface area contributed by atoms with Crippen LogP contribution in [0.4, 0.5) is 10.5 Å². The minimum Gasteiger partial charge on any atom is -0.497 e. The summed E-state index contributed by atoms with van der Waals surface area (Å²) in [6, 6.07) is 22.0. The SMILES string of the molecule is COc1ccc2[nH]c3c(c2c1)CCN1C(=O)N(c2ccccc2C(=O)NCCc2ccccc2)C(=O)C31C. The van der Waals surface area contributed by atoms with E-state index >= 15 is 0 Å². The highest BCUT2D eigenvalue weighted by Crippen LogP contribution is 2.46. The van der Waals surface area contributed by atoms with Crippen LogP contribution in [0.2, 0.25) is 0 Å². The second-order valence-corrected chi connectivity index (χ2v) is 9.80. The molecule has 1 saturated heterocycles. The number of rotatable bonds is 6. The maximum absolute atomic E-state index is 14.1. The predicted molar refractivity (Wildman–Crippen MR) is 144 cm³/mol. The van der Waals surface area contributed by atoms with Crippen LogP contribution in [0, 0.1) is 0 Å². The number of amides is 4. The molecule has 1 atom stereocenters. The molecule has 192 valence electrons. The zero-order valence-electron chi connectivity index (χ0n) is 21.3. The van der Waals surface area contributed by atoms with Gasteiger partial charge in [-0.05, 0) is 61.2 Å². The van der Waals surface area contributed by atoms with Gasteiger partial charge in [-0.2, -0.15) is 0 Å². The van der Waals surface area contributed by atoms with E-state index in [1.807, 2.05) is 48.5 Å². The molecule has 0 spiro atoms. The predicted octanol–water partition coefficient (Wildman–Crippen LogP) is 4.39. The Morgan fingerprint density at radius 2 is 1.82 bits per heavy atom. The number of hydrogen-bond donors (Lipinski definition) is 2. The molecule has 2 aliphatic heterocycles. The van der Waals surface area contributed by atoms with Crippen molar-refractivity contribution in [3.05, 3.63) is 95.2 Å². The van der Waals surface area contributed by atoms with E-state index in [2.05, 4.69) is 10.3 Å². The number of carbonyl (C=O) groups is 3. The van der Waals surface area contributed by atoms with Crippen molar-refractivity contribution in [1.82, 2.24) is 15.2 Å². The number of hydrogen-bond acceptors (Lipinski definition) is 4. The van der Waals surface area contributed by atoms with E-state index in [-0.39, 0.29) is 23.1 Å². The molecule has 3 heterocycles. The number of aromatic amines is 1. The van der Waals surface area contributed by atoms with Crippen molar-refractivity contribution in [3.8, 4) is 5.75 Å². The number of urea groups is 1. The van der Waals surface area contributed by atoms with Crippen molar-refractivity contribution in [3.63, 3.8) is 0 Å². The largest absolute Gasteiger partial charge is 0.497 e. The van der Waals surface area contributed by atoms with Gasteiger partial charge in [0, 0.05) is 24.0 Å². The summed E-state index contributed by atoms with van der Waals surface area (Å²) in [7, 11) is 1.62. The molecule has 8 heteroatoms. The number of imide groups is 1. The van der Waals surface area contributed by atoms with Crippen LogP contribution in [0.15, 0.2) is 72.8 Å². The monoisotopic (exact) mass is 508 g/mol. The molecule has 1 fully saturated rings. The Kier molecular flexibility index (Phi) is 5.67. The number of benzene rings is 3. The second-order valence-electron chi connectivity index (χ2n) is 9.80. The van der Waals surface area contributed by atoms with Crippen molar-refractivity contribution in [2.45, 2.75) is 25.3 Å². The standard InChI is InChI=1S/C30H28N4O4/c1-30-26-21(23-18-20(38-2)12-13-24(23)32-26)15-17-33(30)29(37)34(28(30)36)25-11-7-6-10-22(25)27(35)31-16-14-19-8-4-3-5-9-19/h3-13,18,32H,14-17H2,1-2H3,(H,31,35). The number of para-hydroxylation sites is 1. The molecule has 0 aliphatic carbocycles. The van der Waals surface area contributed by atoms with Gasteiger partial charge in [0.2, 0.25) is 0 Å². The Labute approximate surface area is 220 Å². The molecule has 3 aromatic carbocycles. The van der Waals surface area contributed by atoms with Crippen LogP contribution in [0.25, 0.3) is 10.9 Å². The Hall–Kier alpha value is -4.59. The van der Waals surface area contributed by atoms with Crippen molar-refractivity contribution >= 4 is 34.4 Å². The minimum absolute atomic E-state index is 0.285. The fourth-order valence-electron chi connectivity index (χ4n) is 5.68. The van der Waals surface area contributed by atoms with Gasteiger partial charge in [0.25, 0.3) is 11.8 Å². The number of nitrogens with zero attached hydrogens (tertiary/aromatic N) is 2. The van der Waals surface area contributed by atoms with E-state index in [0.29, 0.717) is 31.6 Å². The van der Waals surface area contributed by atoms with Gasteiger partial charge in [-0.15, -0.1) is 0 Å². The number of carbonyl (C=O) groups excluding carboxylic acids is 3. The van der Waals surface area contributed by atoms with Crippen LogP contribution >= 0.6 is 0 Å². The van der Waals surface area contributed by atoms with Gasteiger partial charge in [0.15, 0.2) is 5.54 Å². The highest BCUT2D eigenvalue weighted by molar-refractivity contribution is 6.25. The smallest absolute Gasteiger partial charge is 0.332 e. The third kappa shape index (κ3) is 3.55. The van der Waals surface area contributed by atoms with Gasteiger partial charge in [0.05, 0.1) is 24.1 Å². The van der Waals surface area contributed by atoms with E-state index in [1.165, 1.54) is 0 Å². The number of fused-ring (bicyclic) bond motifs is 5. The van der Waals surface area contributed by atoms with Crippen LogP contribution in [0.3, 0.4) is 0 Å². The van der Waals surface area contributed by atoms with Crippen molar-refractivity contribution in [1.29, 1.82) is 0 Å². The molecule has 0 radical (unpaired) electrons. The summed E-state index contributed by atoms with van der Waals surface area (Å²) in [5.41, 5.74) is 3.07. The maximum Gasteiger partial charge on any atom is 0.332 e. The average Bonchev–Trinajstić information content (AvgIpc) is 3.41. The lowest BCUT2D eigenvalue weighted by molar-refractivity contribution is -0.125. The lowest BCUT2D eigenvalue weighted by atomic mass is 9.87. The summed E-state index contributed by atoms with van der Waals surface area (Å²) in [5.74, 6) is 0.0200. The number of nitrogens with one attached hydrogen (secondary N) is 2. The molecule has 1 aromatic heterocycles. The Morgan fingerprint density at radius 3 is 2.61 bits per heavy atom. The maximum atomic E-state index is 14.1. The zero-order valence-corrected chi connectivity index (χ0v) is 21.3. The first-order chi connectivity index (χ1) is 18.4. The molecule has 2 N–H and O–H groups in total. The first-order valence-corrected chi connectivity index (χ1v) is 12.7. The third-order valence-corrected chi connectivity index (χ3v) is 7.70. The number of methoxy groups -OCH3 is 1. The Bertz CT molecular complexity index is 1580. The van der Waals surface area contributed by atoms with E-state index < -0.39 is 11.6 Å². The summed E-state index contributed by atoms with van der Waals surface area (Å²) < 4.78 is 5.40. The molecule has 4 aromatic rings. The van der Waals surface area contributed by atoms with Crippen LogP contribution in [0.5, 0.6) is 5.75 Å². The summed E-state index contributed by atoms with van der Waals surface area (Å²) in [4.78, 5) is 47.2. The number of anilines is 1. The number of ether oxygens (including phenoxy) is 1. The van der Waals surface area contributed by atoms with Gasteiger partial charge in [-0.25, -0.2) is 9.69 Å². The van der Waals surface area contributed by atoms with Crippen LogP contribution < -0.4 is 15.0 Å². The zero-order chi connectivity index (χ0) is 26.4. The molecule has 0 bridgehead atoms.